The Morgan fingerprint density at radius 3 is 2.46 bits per heavy atom. The predicted octanol–water partition coefficient (Wildman–Crippen LogP) is 3.54. The van der Waals surface area contributed by atoms with E-state index in [0.717, 1.165) is 5.56 Å². The Morgan fingerprint density at radius 2 is 1.73 bits per heavy atom. The van der Waals surface area contributed by atoms with Crippen LogP contribution in [0.3, 0.4) is 0 Å². The summed E-state index contributed by atoms with van der Waals surface area (Å²) in [7, 11) is -3.65. The minimum Gasteiger partial charge on any atom is -0.482 e. The molecule has 1 fully saturated rings. The van der Waals surface area contributed by atoms with Gasteiger partial charge in [0.15, 0.2) is 6.61 Å². The summed E-state index contributed by atoms with van der Waals surface area (Å²) in [6.07, 6.45) is 0. The van der Waals surface area contributed by atoms with Gasteiger partial charge in [-0.3, -0.25) is 9.59 Å². The Morgan fingerprint density at radius 1 is 1.00 bits per heavy atom. The first-order valence-corrected chi connectivity index (χ1v) is 13.4. The summed E-state index contributed by atoms with van der Waals surface area (Å²) in [4.78, 5) is 27.3. The van der Waals surface area contributed by atoms with Gasteiger partial charge >= 0.3 is 0 Å². The average molecular weight is 542 g/mol. The number of anilines is 2. The maximum atomic E-state index is 12.9. The number of morpholine rings is 1. The monoisotopic (exact) mass is 541 g/mol. The molecule has 9 nitrogen and oxygen atoms in total. The zero-order valence-electron chi connectivity index (χ0n) is 19.7. The number of fused-ring (bicyclic) bond motifs is 1. The van der Waals surface area contributed by atoms with Crippen LogP contribution in [-0.4, -0.2) is 57.4 Å². The summed E-state index contributed by atoms with van der Waals surface area (Å²) in [5, 5.41) is 3.35. The van der Waals surface area contributed by atoms with E-state index in [2.05, 4.69) is 5.32 Å². The van der Waals surface area contributed by atoms with Crippen molar-refractivity contribution in [2.24, 2.45) is 0 Å². The zero-order valence-corrected chi connectivity index (χ0v) is 21.3. The van der Waals surface area contributed by atoms with Crippen LogP contribution in [0.15, 0.2) is 71.6 Å². The molecule has 0 radical (unpaired) electrons. The van der Waals surface area contributed by atoms with Crippen molar-refractivity contribution >= 4 is 44.8 Å². The molecule has 1 saturated heterocycles. The number of benzene rings is 3. The van der Waals surface area contributed by atoms with E-state index in [0.29, 0.717) is 54.0 Å². The molecule has 11 heteroatoms. The van der Waals surface area contributed by atoms with Gasteiger partial charge in [0.25, 0.3) is 11.8 Å². The first kappa shape index (κ1) is 25.2. The van der Waals surface area contributed by atoms with Crippen LogP contribution < -0.4 is 15.0 Å². The Kier molecular flexibility index (Phi) is 7.16. The van der Waals surface area contributed by atoms with Crippen LogP contribution in [-0.2, 0) is 26.1 Å². The number of carbonyl (C=O) groups excluding carboxylic acids is 2. The fourth-order valence-corrected chi connectivity index (χ4v) is 5.77. The first-order valence-electron chi connectivity index (χ1n) is 11.6. The third-order valence-corrected chi connectivity index (χ3v) is 8.45. The second-order valence-corrected chi connectivity index (χ2v) is 10.9. The van der Waals surface area contributed by atoms with E-state index in [1.165, 1.54) is 28.6 Å². The van der Waals surface area contributed by atoms with Gasteiger partial charge in [-0.15, -0.1) is 0 Å². The lowest BCUT2D eigenvalue weighted by Gasteiger charge is -2.30. The van der Waals surface area contributed by atoms with Gasteiger partial charge in [-0.05, 0) is 54.1 Å². The number of halogens is 1. The molecule has 37 heavy (non-hydrogen) atoms. The Balaban J connectivity index is 1.33. The van der Waals surface area contributed by atoms with Crippen LogP contribution in [0.2, 0.25) is 5.02 Å². The van der Waals surface area contributed by atoms with Gasteiger partial charge in [-0.2, -0.15) is 4.31 Å². The topological polar surface area (TPSA) is 105 Å². The van der Waals surface area contributed by atoms with Gasteiger partial charge < -0.3 is 19.7 Å². The first-order chi connectivity index (χ1) is 17.8. The maximum Gasteiger partial charge on any atom is 0.265 e. The fraction of sp³-hybridized carbons (Fsp3) is 0.231. The highest BCUT2D eigenvalue weighted by molar-refractivity contribution is 7.89. The van der Waals surface area contributed by atoms with E-state index >= 15 is 0 Å². The molecule has 2 amide bonds. The third kappa shape index (κ3) is 5.33. The SMILES string of the molecule is O=C(Nc1ccc2c(c1)N(Cc1ccccc1Cl)C(=O)CO2)c1ccc(S(=O)(=O)N2CCOCC2)cc1. The Bertz CT molecular complexity index is 1440. The molecule has 0 aromatic heterocycles. The molecule has 3 aromatic rings. The lowest BCUT2D eigenvalue weighted by molar-refractivity contribution is -0.121. The summed E-state index contributed by atoms with van der Waals surface area (Å²) in [6, 6.07) is 18.1. The number of hydrogen-bond acceptors (Lipinski definition) is 6. The van der Waals surface area contributed by atoms with Crippen LogP contribution >= 0.6 is 11.6 Å². The minimum atomic E-state index is -3.65. The lowest BCUT2D eigenvalue weighted by atomic mass is 10.1. The molecule has 0 unspecified atom stereocenters. The highest BCUT2D eigenvalue weighted by atomic mass is 35.5. The van der Waals surface area contributed by atoms with E-state index in [1.807, 2.05) is 18.2 Å². The number of hydrogen-bond donors (Lipinski definition) is 1. The van der Waals surface area contributed by atoms with Crippen molar-refractivity contribution in [3.63, 3.8) is 0 Å². The summed E-state index contributed by atoms with van der Waals surface area (Å²) in [5.74, 6) is -0.133. The number of rotatable bonds is 6. The predicted molar refractivity (Wildman–Crippen MR) is 139 cm³/mol. The largest absolute Gasteiger partial charge is 0.482 e. The van der Waals surface area contributed by atoms with Crippen molar-refractivity contribution in [1.29, 1.82) is 0 Å². The highest BCUT2D eigenvalue weighted by Crippen LogP contribution is 2.36. The van der Waals surface area contributed by atoms with Gasteiger partial charge in [0.2, 0.25) is 10.0 Å². The Labute approximate surface area is 219 Å². The molecule has 2 aliphatic rings. The van der Waals surface area contributed by atoms with Crippen molar-refractivity contribution in [2.45, 2.75) is 11.4 Å². The van der Waals surface area contributed by atoms with Crippen LogP contribution in [0.5, 0.6) is 5.75 Å². The standard InChI is InChI=1S/C26H24ClN3O6S/c27-22-4-2-1-3-19(22)16-30-23-15-20(7-10-24(23)36-17-25(30)31)28-26(32)18-5-8-21(9-6-18)37(33,34)29-11-13-35-14-12-29/h1-10,15H,11-14,16-17H2,(H,28,32). The zero-order chi connectivity index (χ0) is 26.0. The summed E-state index contributed by atoms with van der Waals surface area (Å²) < 4.78 is 37.8. The van der Waals surface area contributed by atoms with Gasteiger partial charge in [0.05, 0.1) is 30.3 Å². The average Bonchev–Trinajstić information content (AvgIpc) is 2.92. The minimum absolute atomic E-state index is 0.0944. The lowest BCUT2D eigenvalue weighted by Crippen LogP contribution is -2.40. The van der Waals surface area contributed by atoms with Crippen molar-refractivity contribution < 1.29 is 27.5 Å². The number of sulfonamides is 1. The fourth-order valence-electron chi connectivity index (χ4n) is 4.17. The Hall–Kier alpha value is -3.44. The number of ether oxygens (including phenoxy) is 2. The molecule has 2 aliphatic heterocycles. The third-order valence-electron chi connectivity index (χ3n) is 6.17. The number of nitrogens with zero attached hydrogens (tertiary/aromatic N) is 2. The number of nitrogens with one attached hydrogen (secondary N) is 1. The normalized spacial score (nSPS) is 16.1. The molecule has 0 spiro atoms. The smallest absolute Gasteiger partial charge is 0.265 e. The summed E-state index contributed by atoms with van der Waals surface area (Å²) in [5.41, 5.74) is 2.04. The molecule has 0 aliphatic carbocycles. The van der Waals surface area contributed by atoms with Crippen LogP contribution in [0.1, 0.15) is 15.9 Å². The molecule has 3 aromatic carbocycles. The second kappa shape index (κ2) is 10.5. The highest BCUT2D eigenvalue weighted by Gasteiger charge is 2.28. The van der Waals surface area contributed by atoms with Gasteiger partial charge in [0.1, 0.15) is 5.75 Å². The molecular weight excluding hydrogens is 518 g/mol. The molecular formula is C26H24ClN3O6S. The molecule has 5 rings (SSSR count). The van der Waals surface area contributed by atoms with E-state index in [4.69, 9.17) is 21.1 Å². The molecule has 0 bridgehead atoms. The van der Waals surface area contributed by atoms with Crippen molar-refractivity contribution in [3.8, 4) is 5.75 Å². The molecule has 1 N–H and O–H groups in total. The van der Waals surface area contributed by atoms with E-state index < -0.39 is 15.9 Å². The quantitative estimate of drug-likeness (QED) is 0.512. The van der Waals surface area contributed by atoms with Crippen LogP contribution in [0, 0.1) is 0 Å². The van der Waals surface area contributed by atoms with Crippen LogP contribution in [0.25, 0.3) is 0 Å². The van der Waals surface area contributed by atoms with Crippen molar-refractivity contribution in [2.75, 3.05) is 43.1 Å². The molecule has 0 atom stereocenters. The summed E-state index contributed by atoms with van der Waals surface area (Å²) in [6.45, 7) is 1.46. The molecule has 192 valence electrons. The van der Waals surface area contributed by atoms with Crippen molar-refractivity contribution in [3.05, 3.63) is 82.9 Å². The van der Waals surface area contributed by atoms with E-state index in [9.17, 15) is 18.0 Å². The molecule has 2 heterocycles. The van der Waals surface area contributed by atoms with E-state index in [1.54, 1.807) is 29.2 Å². The van der Waals surface area contributed by atoms with Gasteiger partial charge in [-0.1, -0.05) is 29.8 Å². The van der Waals surface area contributed by atoms with Crippen LogP contribution in [0.4, 0.5) is 11.4 Å². The van der Waals surface area contributed by atoms with Gasteiger partial charge in [0, 0.05) is 29.4 Å². The van der Waals surface area contributed by atoms with E-state index in [-0.39, 0.29) is 24.0 Å². The maximum absolute atomic E-state index is 12.9. The van der Waals surface area contributed by atoms with Crippen molar-refractivity contribution in [1.82, 2.24) is 4.31 Å². The number of carbonyl (C=O) groups is 2. The molecule has 0 saturated carbocycles. The summed E-state index contributed by atoms with van der Waals surface area (Å²) >= 11 is 6.30. The van der Waals surface area contributed by atoms with Gasteiger partial charge in [-0.25, -0.2) is 8.42 Å². The number of amides is 2. The second-order valence-electron chi connectivity index (χ2n) is 8.54.